The first-order valence-electron chi connectivity index (χ1n) is 8.42. The Morgan fingerprint density at radius 2 is 2.22 bits per heavy atom. The summed E-state index contributed by atoms with van der Waals surface area (Å²) >= 11 is 2.59. The number of urea groups is 1. The number of amides is 3. The van der Waals surface area contributed by atoms with E-state index in [-0.39, 0.29) is 24.9 Å². The van der Waals surface area contributed by atoms with Gasteiger partial charge in [-0.3, -0.25) is 14.7 Å². The number of nitrogens with one attached hydrogen (secondary N) is 1. The molecule has 3 heterocycles. The van der Waals surface area contributed by atoms with Crippen molar-refractivity contribution < 1.29 is 18.4 Å². The summed E-state index contributed by atoms with van der Waals surface area (Å²) in [5, 5.41) is 3.24. The Balaban J connectivity index is 1.40. The second-order valence-corrected chi connectivity index (χ2v) is 8.55. The van der Waals surface area contributed by atoms with Gasteiger partial charge in [-0.1, -0.05) is 11.3 Å². The lowest BCUT2D eigenvalue weighted by Gasteiger charge is -2.16. The van der Waals surface area contributed by atoms with Gasteiger partial charge in [0.25, 0.3) is 11.8 Å². The monoisotopic (exact) mass is 413 g/mol. The third-order valence-corrected chi connectivity index (χ3v) is 6.58. The molecule has 1 saturated heterocycles. The lowest BCUT2D eigenvalue weighted by atomic mass is 10.3. The van der Waals surface area contributed by atoms with Crippen LogP contribution in [0, 0.1) is 12.8 Å². The number of carbonyl (C=O) groups excluding carboxylic acids is 2. The Morgan fingerprint density at radius 3 is 2.89 bits per heavy atom. The normalized spacial score (nSPS) is 21.0. The number of rotatable bonds is 6. The lowest BCUT2D eigenvalue weighted by molar-refractivity contribution is 0.0922. The smallest absolute Gasteiger partial charge is 0.326 e. The molecular weight excluding hydrogens is 396 g/mol. The van der Waals surface area contributed by atoms with Gasteiger partial charge in [-0.2, -0.15) is 0 Å². The fourth-order valence-corrected chi connectivity index (χ4v) is 4.49. The number of hydrogen-bond donors (Lipinski definition) is 1. The largest absolute Gasteiger partial charge is 0.346 e. The number of nitrogens with zero attached hydrogens (tertiary/aromatic N) is 4. The van der Waals surface area contributed by atoms with E-state index >= 15 is 0 Å². The number of aromatic nitrogens is 2. The van der Waals surface area contributed by atoms with Crippen LogP contribution in [0.25, 0.3) is 0 Å². The highest BCUT2D eigenvalue weighted by Gasteiger charge is 2.58. The molecule has 3 amide bonds. The molecule has 1 aliphatic carbocycles. The first-order chi connectivity index (χ1) is 12.8. The van der Waals surface area contributed by atoms with Gasteiger partial charge in [-0.15, -0.1) is 11.3 Å². The number of alkyl halides is 2. The molecular formula is C16H17F2N5O2S2. The van der Waals surface area contributed by atoms with Gasteiger partial charge in [0.15, 0.2) is 5.13 Å². The molecule has 1 aliphatic heterocycles. The Kier molecular flexibility index (Phi) is 4.58. The summed E-state index contributed by atoms with van der Waals surface area (Å²) in [6.07, 6.45) is 1.54. The number of carbonyl (C=O) groups is 2. The van der Waals surface area contributed by atoms with E-state index in [1.54, 1.807) is 18.6 Å². The van der Waals surface area contributed by atoms with Crippen LogP contribution in [0.15, 0.2) is 11.7 Å². The lowest BCUT2D eigenvalue weighted by Crippen LogP contribution is -2.33. The van der Waals surface area contributed by atoms with Crippen LogP contribution in [-0.4, -0.2) is 52.4 Å². The van der Waals surface area contributed by atoms with Crippen molar-refractivity contribution in [2.24, 2.45) is 5.92 Å². The summed E-state index contributed by atoms with van der Waals surface area (Å²) in [5.41, 5.74) is 2.23. The zero-order valence-electron chi connectivity index (χ0n) is 14.4. The first kappa shape index (κ1) is 18.2. The topological polar surface area (TPSA) is 78.4 Å². The number of aryl methyl sites for hydroxylation is 1. The highest BCUT2D eigenvalue weighted by atomic mass is 32.1. The van der Waals surface area contributed by atoms with E-state index in [4.69, 9.17) is 0 Å². The summed E-state index contributed by atoms with van der Waals surface area (Å²) in [6, 6.07) is -0.330. The molecule has 1 N–H and O–H groups in total. The van der Waals surface area contributed by atoms with Crippen LogP contribution in [0.5, 0.6) is 0 Å². The third-order valence-electron chi connectivity index (χ3n) is 4.62. The van der Waals surface area contributed by atoms with Crippen LogP contribution >= 0.6 is 22.7 Å². The maximum absolute atomic E-state index is 13.1. The molecule has 11 heteroatoms. The van der Waals surface area contributed by atoms with Gasteiger partial charge >= 0.3 is 6.03 Å². The van der Waals surface area contributed by atoms with Crippen molar-refractivity contribution in [1.29, 1.82) is 0 Å². The molecule has 0 spiro atoms. The van der Waals surface area contributed by atoms with Crippen molar-refractivity contribution in [3.63, 3.8) is 0 Å². The van der Waals surface area contributed by atoms with E-state index in [1.165, 1.54) is 21.1 Å². The minimum Gasteiger partial charge on any atom is -0.346 e. The van der Waals surface area contributed by atoms with Gasteiger partial charge in [0.1, 0.15) is 4.88 Å². The highest BCUT2D eigenvalue weighted by Crippen LogP contribution is 2.49. The fourth-order valence-electron chi connectivity index (χ4n) is 2.95. The number of halogens is 2. The summed E-state index contributed by atoms with van der Waals surface area (Å²) < 4.78 is 26.2. The number of anilines is 1. The minimum absolute atomic E-state index is 0.0644. The quantitative estimate of drug-likeness (QED) is 0.790. The molecule has 2 aromatic heterocycles. The van der Waals surface area contributed by atoms with E-state index in [9.17, 15) is 18.4 Å². The Hall–Kier alpha value is -2.14. The zero-order chi connectivity index (χ0) is 19.2. The van der Waals surface area contributed by atoms with Gasteiger partial charge in [0, 0.05) is 43.0 Å². The second-order valence-electron chi connectivity index (χ2n) is 6.60. The second kappa shape index (κ2) is 6.79. The molecule has 7 nitrogen and oxygen atoms in total. The van der Waals surface area contributed by atoms with Crippen LogP contribution < -0.4 is 10.2 Å². The molecule has 0 radical (unpaired) electrons. The average Bonchev–Trinajstić information content (AvgIpc) is 3.09. The minimum atomic E-state index is -2.64. The molecule has 27 heavy (non-hydrogen) atoms. The molecule has 2 aromatic rings. The van der Waals surface area contributed by atoms with Gasteiger partial charge in [0.05, 0.1) is 17.7 Å². The molecule has 2 aliphatic rings. The number of hydrogen-bond acceptors (Lipinski definition) is 6. The van der Waals surface area contributed by atoms with Crippen molar-refractivity contribution in [3.05, 3.63) is 27.2 Å². The number of thiazole rings is 2. The SMILES string of the molecule is Cc1nc(N2CCN(CC3CC3(F)F)C2=O)sc1C(=O)NCc1cncs1. The van der Waals surface area contributed by atoms with Crippen molar-refractivity contribution >= 4 is 39.7 Å². The maximum Gasteiger partial charge on any atom is 0.326 e. The van der Waals surface area contributed by atoms with Crippen LogP contribution in [0.3, 0.4) is 0 Å². The summed E-state index contributed by atoms with van der Waals surface area (Å²) in [4.78, 5) is 37.5. The average molecular weight is 413 g/mol. The van der Waals surface area contributed by atoms with Crippen molar-refractivity contribution in [2.75, 3.05) is 24.5 Å². The Bertz CT molecular complexity index is 870. The van der Waals surface area contributed by atoms with Gasteiger partial charge in [-0.05, 0) is 6.92 Å². The van der Waals surface area contributed by atoms with E-state index in [0.29, 0.717) is 35.3 Å². The van der Waals surface area contributed by atoms with E-state index in [2.05, 4.69) is 15.3 Å². The first-order valence-corrected chi connectivity index (χ1v) is 10.1. The molecule has 4 rings (SSSR count). The van der Waals surface area contributed by atoms with E-state index in [1.807, 2.05) is 0 Å². The molecule has 2 fully saturated rings. The third kappa shape index (κ3) is 3.65. The molecule has 1 atom stereocenters. The van der Waals surface area contributed by atoms with Gasteiger partial charge in [0.2, 0.25) is 0 Å². The predicted molar refractivity (Wildman–Crippen MR) is 97.5 cm³/mol. The highest BCUT2D eigenvalue weighted by molar-refractivity contribution is 7.17. The maximum atomic E-state index is 13.1. The Morgan fingerprint density at radius 1 is 1.44 bits per heavy atom. The van der Waals surface area contributed by atoms with Crippen molar-refractivity contribution in [1.82, 2.24) is 20.2 Å². The predicted octanol–water partition coefficient (Wildman–Crippen LogP) is 2.74. The fraction of sp³-hybridized carbons (Fsp3) is 0.500. The van der Waals surface area contributed by atoms with Crippen LogP contribution in [0.2, 0.25) is 0 Å². The van der Waals surface area contributed by atoms with Gasteiger partial charge < -0.3 is 10.2 Å². The van der Waals surface area contributed by atoms with Crippen molar-refractivity contribution in [3.8, 4) is 0 Å². The summed E-state index contributed by atoms with van der Waals surface area (Å²) in [7, 11) is 0. The summed E-state index contributed by atoms with van der Waals surface area (Å²) in [6.45, 7) is 2.92. The van der Waals surface area contributed by atoms with Crippen LogP contribution in [0.1, 0.15) is 26.7 Å². The zero-order valence-corrected chi connectivity index (χ0v) is 16.1. The van der Waals surface area contributed by atoms with Crippen LogP contribution in [0.4, 0.5) is 18.7 Å². The Labute approximate surface area is 162 Å². The van der Waals surface area contributed by atoms with E-state index in [0.717, 1.165) is 16.2 Å². The summed E-state index contributed by atoms with van der Waals surface area (Å²) in [5.74, 6) is -3.65. The molecule has 0 bridgehead atoms. The standard InChI is InChI=1S/C16H17F2N5O2S2/c1-9-12(13(24)20-6-11-5-19-8-26-11)27-14(21-9)23-3-2-22(15(23)25)7-10-4-16(10,17)18/h5,8,10H,2-4,6-7H2,1H3,(H,20,24). The van der Waals surface area contributed by atoms with Crippen LogP contribution in [-0.2, 0) is 6.54 Å². The van der Waals surface area contributed by atoms with Gasteiger partial charge in [-0.25, -0.2) is 18.6 Å². The molecule has 1 unspecified atom stereocenters. The molecule has 1 saturated carbocycles. The molecule has 144 valence electrons. The molecule has 0 aromatic carbocycles. The van der Waals surface area contributed by atoms with Crippen molar-refractivity contribution in [2.45, 2.75) is 25.8 Å². The van der Waals surface area contributed by atoms with E-state index < -0.39 is 11.8 Å².